The third-order valence-corrected chi connectivity index (χ3v) is 6.72. The number of fused-ring (bicyclic) bond motifs is 1. The van der Waals surface area contributed by atoms with Gasteiger partial charge in [-0.2, -0.15) is 4.98 Å². The van der Waals surface area contributed by atoms with Gasteiger partial charge in [-0.05, 0) is 44.4 Å². The summed E-state index contributed by atoms with van der Waals surface area (Å²) in [5.41, 5.74) is 2.19. The molecule has 2 saturated heterocycles. The van der Waals surface area contributed by atoms with Gasteiger partial charge in [0.05, 0.1) is 12.8 Å². The molecule has 170 valence electrons. The molecule has 1 spiro atoms. The third-order valence-electron chi connectivity index (χ3n) is 6.72. The van der Waals surface area contributed by atoms with Crippen LogP contribution in [0.15, 0.2) is 0 Å². The Hall–Kier alpha value is -2.58. The molecule has 1 aliphatic carbocycles. The molecular weight excluding hydrogens is 398 g/mol. The predicted molar refractivity (Wildman–Crippen MR) is 116 cm³/mol. The van der Waals surface area contributed by atoms with Crippen LogP contribution in [0.4, 0.5) is 16.6 Å². The Balaban J connectivity index is 1.57. The molecule has 4 rings (SSSR count). The molecule has 9 nitrogen and oxygen atoms in total. The molecular formula is C22H33N5O4. The van der Waals surface area contributed by atoms with Gasteiger partial charge in [-0.3, -0.25) is 0 Å². The van der Waals surface area contributed by atoms with Crippen LogP contribution in [-0.4, -0.2) is 71.4 Å². The molecule has 0 unspecified atom stereocenters. The second-order valence-corrected chi connectivity index (χ2v) is 9.66. The predicted octanol–water partition coefficient (Wildman–Crippen LogP) is 2.55. The Labute approximate surface area is 183 Å². The maximum Gasteiger partial charge on any atom is 0.407 e. The summed E-state index contributed by atoms with van der Waals surface area (Å²) in [5.74, 6) is 1.49. The molecule has 2 N–H and O–H groups in total. The zero-order chi connectivity index (χ0) is 22.2. The summed E-state index contributed by atoms with van der Waals surface area (Å²) in [6.45, 7) is 6.91. The molecule has 1 aromatic rings. The Morgan fingerprint density at radius 2 is 1.94 bits per heavy atom. The van der Waals surface area contributed by atoms with Crippen molar-refractivity contribution < 1.29 is 19.4 Å². The number of aromatic nitrogens is 2. The van der Waals surface area contributed by atoms with Crippen LogP contribution in [0.5, 0.6) is 0 Å². The second-order valence-electron chi connectivity index (χ2n) is 9.66. The molecule has 9 heteroatoms. The molecule has 0 radical (unpaired) electrons. The van der Waals surface area contributed by atoms with Crippen molar-refractivity contribution in [1.29, 1.82) is 0 Å². The molecule has 3 heterocycles. The fraction of sp³-hybridized carbons (Fsp3) is 0.727. The number of esters is 1. The first-order valence-corrected chi connectivity index (χ1v) is 11.3. The van der Waals surface area contributed by atoms with Crippen LogP contribution in [0.25, 0.3) is 0 Å². The van der Waals surface area contributed by atoms with E-state index >= 15 is 0 Å². The quantitative estimate of drug-likeness (QED) is 0.662. The maximum absolute atomic E-state index is 12.4. The van der Waals surface area contributed by atoms with Crippen LogP contribution in [0.2, 0.25) is 0 Å². The number of hydrogen-bond acceptors (Lipinski definition) is 7. The van der Waals surface area contributed by atoms with Crippen LogP contribution in [0, 0.1) is 11.3 Å². The lowest BCUT2D eigenvalue weighted by molar-refractivity contribution is -0.141. The largest absolute Gasteiger partial charge is 0.467 e. The number of hydrogen-bond donors (Lipinski definition) is 2. The number of anilines is 2. The van der Waals surface area contributed by atoms with Gasteiger partial charge in [0.1, 0.15) is 11.9 Å². The van der Waals surface area contributed by atoms with Gasteiger partial charge in [-0.1, -0.05) is 13.8 Å². The molecule has 3 aliphatic rings. The van der Waals surface area contributed by atoms with E-state index < -0.39 is 12.1 Å². The fourth-order valence-electron chi connectivity index (χ4n) is 5.10. The van der Waals surface area contributed by atoms with Crippen molar-refractivity contribution in [3.05, 3.63) is 11.3 Å². The zero-order valence-corrected chi connectivity index (χ0v) is 18.7. The van der Waals surface area contributed by atoms with E-state index in [9.17, 15) is 14.7 Å². The van der Waals surface area contributed by atoms with Gasteiger partial charge in [-0.25, -0.2) is 14.6 Å². The summed E-state index contributed by atoms with van der Waals surface area (Å²) < 4.78 is 5.03. The Morgan fingerprint density at radius 1 is 1.19 bits per heavy atom. The van der Waals surface area contributed by atoms with E-state index in [2.05, 4.69) is 24.1 Å². The number of amides is 1. The minimum atomic E-state index is -0.848. The Kier molecular flexibility index (Phi) is 5.94. The number of likely N-dealkylation sites (tertiary alicyclic amines) is 1. The standard InChI is InChI=1S/C22H33N5O4/c1-14(2)10-17(19(28)31-3)23-18-15-6-4-5-7-16(15)24-20(25-18)26-9-8-22(11-26)12-27(13-22)21(29)30/h14,17H,4-13H2,1-3H3,(H,29,30)(H,23,24,25)/t17-/m0/s1. The summed E-state index contributed by atoms with van der Waals surface area (Å²) in [6.07, 6.45) is 4.78. The first kappa shape index (κ1) is 21.6. The average Bonchev–Trinajstić information content (AvgIpc) is 3.17. The summed E-state index contributed by atoms with van der Waals surface area (Å²) in [4.78, 5) is 37.0. The SMILES string of the molecule is COC(=O)[C@H](CC(C)C)Nc1nc(N2CCC3(CN(C(=O)O)C3)C2)nc2c1CCCC2. The van der Waals surface area contributed by atoms with Crippen molar-refractivity contribution in [1.82, 2.24) is 14.9 Å². The third kappa shape index (κ3) is 4.41. The maximum atomic E-state index is 12.4. The molecule has 0 saturated carbocycles. The van der Waals surface area contributed by atoms with Crippen molar-refractivity contribution in [3.63, 3.8) is 0 Å². The van der Waals surface area contributed by atoms with Crippen LogP contribution in [0.3, 0.4) is 0 Å². The minimum absolute atomic E-state index is 0.0113. The topological polar surface area (TPSA) is 108 Å². The molecule has 2 fully saturated rings. The van der Waals surface area contributed by atoms with Crippen molar-refractivity contribution in [2.24, 2.45) is 11.3 Å². The van der Waals surface area contributed by atoms with Gasteiger partial charge < -0.3 is 25.0 Å². The molecule has 1 atom stereocenters. The first-order valence-electron chi connectivity index (χ1n) is 11.3. The van der Waals surface area contributed by atoms with Gasteiger partial charge in [-0.15, -0.1) is 0 Å². The Morgan fingerprint density at radius 3 is 2.61 bits per heavy atom. The number of nitrogens with one attached hydrogen (secondary N) is 1. The van der Waals surface area contributed by atoms with E-state index in [0.717, 1.165) is 62.3 Å². The highest BCUT2D eigenvalue weighted by Crippen LogP contribution is 2.41. The lowest BCUT2D eigenvalue weighted by Crippen LogP contribution is -2.59. The Bertz CT molecular complexity index is 853. The molecule has 1 aromatic heterocycles. The highest BCUT2D eigenvalue weighted by molar-refractivity contribution is 5.79. The monoisotopic (exact) mass is 431 g/mol. The smallest absolute Gasteiger partial charge is 0.407 e. The van der Waals surface area contributed by atoms with Crippen molar-refractivity contribution in [3.8, 4) is 0 Å². The number of methoxy groups -OCH3 is 1. The van der Waals surface area contributed by atoms with Gasteiger partial charge in [0.2, 0.25) is 5.95 Å². The average molecular weight is 432 g/mol. The van der Waals surface area contributed by atoms with Crippen LogP contribution < -0.4 is 10.2 Å². The highest BCUT2D eigenvalue weighted by atomic mass is 16.5. The van der Waals surface area contributed by atoms with Crippen molar-refractivity contribution in [2.45, 2.75) is 58.4 Å². The van der Waals surface area contributed by atoms with Gasteiger partial charge in [0.25, 0.3) is 0 Å². The molecule has 1 amide bonds. The van der Waals surface area contributed by atoms with Gasteiger partial charge in [0.15, 0.2) is 0 Å². The summed E-state index contributed by atoms with van der Waals surface area (Å²) in [5, 5.41) is 12.6. The summed E-state index contributed by atoms with van der Waals surface area (Å²) >= 11 is 0. The molecule has 2 aliphatic heterocycles. The number of nitrogens with zero attached hydrogens (tertiary/aromatic N) is 4. The number of carbonyl (C=O) groups is 2. The highest BCUT2D eigenvalue weighted by Gasteiger charge is 2.50. The lowest BCUT2D eigenvalue weighted by atomic mass is 9.79. The minimum Gasteiger partial charge on any atom is -0.467 e. The normalized spacial score (nSPS) is 20.4. The van der Waals surface area contributed by atoms with Gasteiger partial charge in [0, 0.05) is 37.2 Å². The van der Waals surface area contributed by atoms with E-state index in [0.29, 0.717) is 31.4 Å². The van der Waals surface area contributed by atoms with Crippen molar-refractivity contribution >= 4 is 23.8 Å². The second kappa shape index (κ2) is 8.51. The number of aryl methyl sites for hydroxylation is 1. The summed E-state index contributed by atoms with van der Waals surface area (Å²) in [7, 11) is 1.42. The van der Waals surface area contributed by atoms with E-state index in [4.69, 9.17) is 14.7 Å². The first-order chi connectivity index (χ1) is 14.8. The van der Waals surface area contributed by atoms with Crippen LogP contribution in [-0.2, 0) is 22.4 Å². The molecule has 0 bridgehead atoms. The van der Waals surface area contributed by atoms with Crippen LogP contribution >= 0.6 is 0 Å². The van der Waals surface area contributed by atoms with Crippen LogP contribution in [0.1, 0.15) is 50.8 Å². The number of rotatable bonds is 6. The van der Waals surface area contributed by atoms with Crippen molar-refractivity contribution in [2.75, 3.05) is 43.5 Å². The molecule has 31 heavy (non-hydrogen) atoms. The number of carboxylic acid groups (broad SMARTS) is 1. The van der Waals surface area contributed by atoms with E-state index in [1.54, 1.807) is 0 Å². The number of ether oxygens (including phenoxy) is 1. The lowest BCUT2D eigenvalue weighted by Gasteiger charge is -2.46. The zero-order valence-electron chi connectivity index (χ0n) is 18.7. The summed E-state index contributed by atoms with van der Waals surface area (Å²) in [6, 6.07) is -0.445. The van der Waals surface area contributed by atoms with Gasteiger partial charge >= 0.3 is 12.1 Å². The van der Waals surface area contributed by atoms with E-state index in [-0.39, 0.29) is 11.4 Å². The molecule has 0 aromatic carbocycles. The fourth-order valence-corrected chi connectivity index (χ4v) is 5.10. The number of carbonyl (C=O) groups excluding carboxylic acids is 1. The van der Waals surface area contributed by atoms with E-state index in [1.807, 2.05) is 0 Å². The van der Waals surface area contributed by atoms with E-state index in [1.165, 1.54) is 12.0 Å².